The van der Waals surface area contributed by atoms with Crippen LogP contribution in [0.25, 0.3) is 0 Å². The zero-order chi connectivity index (χ0) is 17.3. The standard InChI is InChI=1S/C17H20F2N2O3/c18-11-8-13-12(14(19)9-11)2-1-3-15(13)20-17(24)21-6-4-10(5-7-21)16(22)23/h8-10,15H,1-7H2,(H,20,24)(H,22,23)/t15-/m0/s1. The van der Waals surface area contributed by atoms with Crippen molar-refractivity contribution in [2.24, 2.45) is 5.92 Å². The van der Waals surface area contributed by atoms with E-state index in [0.717, 1.165) is 12.5 Å². The number of aliphatic carboxylic acids is 1. The van der Waals surface area contributed by atoms with E-state index >= 15 is 0 Å². The van der Waals surface area contributed by atoms with E-state index in [9.17, 15) is 18.4 Å². The van der Waals surface area contributed by atoms with Crippen molar-refractivity contribution in [3.63, 3.8) is 0 Å². The quantitative estimate of drug-likeness (QED) is 0.871. The number of amides is 2. The van der Waals surface area contributed by atoms with Gasteiger partial charge in [-0.05, 0) is 49.3 Å². The topological polar surface area (TPSA) is 69.6 Å². The molecule has 1 atom stereocenters. The summed E-state index contributed by atoms with van der Waals surface area (Å²) < 4.78 is 27.4. The summed E-state index contributed by atoms with van der Waals surface area (Å²) >= 11 is 0. The first-order chi connectivity index (χ1) is 11.5. The van der Waals surface area contributed by atoms with Gasteiger partial charge < -0.3 is 15.3 Å². The van der Waals surface area contributed by atoms with Gasteiger partial charge in [0.1, 0.15) is 11.6 Å². The average molecular weight is 338 g/mol. The number of carboxylic acids is 1. The molecule has 24 heavy (non-hydrogen) atoms. The third-order valence-electron chi connectivity index (χ3n) is 4.92. The van der Waals surface area contributed by atoms with Gasteiger partial charge in [0.2, 0.25) is 0 Å². The maximum absolute atomic E-state index is 13.9. The van der Waals surface area contributed by atoms with Gasteiger partial charge in [0.05, 0.1) is 12.0 Å². The third-order valence-corrected chi connectivity index (χ3v) is 4.92. The van der Waals surface area contributed by atoms with Crippen molar-refractivity contribution in [3.8, 4) is 0 Å². The number of halogens is 2. The minimum absolute atomic E-state index is 0.304. The second-order valence-corrected chi connectivity index (χ2v) is 6.45. The minimum Gasteiger partial charge on any atom is -0.481 e. The van der Waals surface area contributed by atoms with Crippen LogP contribution in [0.15, 0.2) is 12.1 Å². The van der Waals surface area contributed by atoms with Gasteiger partial charge in [0.15, 0.2) is 0 Å². The Kier molecular flexibility index (Phi) is 4.69. The lowest BCUT2D eigenvalue weighted by molar-refractivity contribution is -0.143. The number of carbonyl (C=O) groups is 2. The molecule has 0 radical (unpaired) electrons. The molecule has 3 rings (SSSR count). The molecule has 130 valence electrons. The average Bonchev–Trinajstić information content (AvgIpc) is 2.55. The Hall–Kier alpha value is -2.18. The monoisotopic (exact) mass is 338 g/mol. The fraction of sp³-hybridized carbons (Fsp3) is 0.529. The maximum Gasteiger partial charge on any atom is 0.317 e. The second kappa shape index (κ2) is 6.75. The molecule has 1 saturated heterocycles. The van der Waals surface area contributed by atoms with Gasteiger partial charge in [-0.1, -0.05) is 0 Å². The van der Waals surface area contributed by atoms with Crippen LogP contribution in [0.1, 0.15) is 42.9 Å². The molecular formula is C17H20F2N2O3. The van der Waals surface area contributed by atoms with Crippen LogP contribution < -0.4 is 5.32 Å². The van der Waals surface area contributed by atoms with Gasteiger partial charge in [-0.2, -0.15) is 0 Å². The summed E-state index contributed by atoms with van der Waals surface area (Å²) in [4.78, 5) is 24.9. The molecule has 5 nitrogen and oxygen atoms in total. The lowest BCUT2D eigenvalue weighted by atomic mass is 9.87. The van der Waals surface area contributed by atoms with Crippen molar-refractivity contribution in [3.05, 3.63) is 34.9 Å². The van der Waals surface area contributed by atoms with Crippen molar-refractivity contribution in [2.75, 3.05) is 13.1 Å². The Labute approximate surface area is 138 Å². The van der Waals surface area contributed by atoms with Crippen molar-refractivity contribution in [2.45, 2.75) is 38.1 Å². The molecule has 2 amide bonds. The molecule has 0 bridgehead atoms. The third kappa shape index (κ3) is 3.34. The number of carboxylic acid groups (broad SMARTS) is 1. The summed E-state index contributed by atoms with van der Waals surface area (Å²) in [6, 6.07) is 1.45. The number of hydrogen-bond acceptors (Lipinski definition) is 2. The van der Waals surface area contributed by atoms with E-state index in [2.05, 4.69) is 5.32 Å². The molecule has 1 aliphatic heterocycles. The molecule has 0 spiro atoms. The van der Waals surface area contributed by atoms with Crippen molar-refractivity contribution >= 4 is 12.0 Å². The first-order valence-corrected chi connectivity index (χ1v) is 8.21. The van der Waals surface area contributed by atoms with Crippen LogP contribution in [0.3, 0.4) is 0 Å². The summed E-state index contributed by atoms with van der Waals surface area (Å²) in [5.74, 6) is -2.45. The summed E-state index contributed by atoms with van der Waals surface area (Å²) in [6.07, 6.45) is 2.74. The zero-order valence-electron chi connectivity index (χ0n) is 13.2. The van der Waals surface area contributed by atoms with Crippen LogP contribution in [0.5, 0.6) is 0 Å². The first kappa shape index (κ1) is 16.7. The van der Waals surface area contributed by atoms with Gasteiger partial charge in [0, 0.05) is 19.2 Å². The summed E-state index contributed by atoms with van der Waals surface area (Å²) in [5.41, 5.74) is 0.977. The number of urea groups is 1. The van der Waals surface area contributed by atoms with Gasteiger partial charge in [-0.3, -0.25) is 4.79 Å². The number of piperidine rings is 1. The van der Waals surface area contributed by atoms with Gasteiger partial charge in [0.25, 0.3) is 0 Å². The number of hydrogen-bond donors (Lipinski definition) is 2. The fourth-order valence-corrected chi connectivity index (χ4v) is 3.56. The van der Waals surface area contributed by atoms with Crippen LogP contribution in [0, 0.1) is 17.6 Å². The minimum atomic E-state index is -0.831. The predicted octanol–water partition coefficient (Wildman–Crippen LogP) is 2.85. The number of nitrogens with one attached hydrogen (secondary N) is 1. The number of carbonyl (C=O) groups excluding carboxylic acids is 1. The smallest absolute Gasteiger partial charge is 0.317 e. The van der Waals surface area contributed by atoms with Gasteiger partial charge in [-0.25, -0.2) is 13.6 Å². The highest BCUT2D eigenvalue weighted by Crippen LogP contribution is 2.32. The van der Waals surface area contributed by atoms with E-state index in [-0.39, 0.29) is 6.03 Å². The molecule has 0 unspecified atom stereocenters. The second-order valence-electron chi connectivity index (χ2n) is 6.45. The van der Waals surface area contributed by atoms with Crippen molar-refractivity contribution in [1.29, 1.82) is 0 Å². The molecular weight excluding hydrogens is 318 g/mol. The van der Waals surface area contributed by atoms with Crippen LogP contribution >= 0.6 is 0 Å². The SMILES string of the molecule is O=C(O)C1CCN(C(=O)N[C@H]2CCCc3c(F)cc(F)cc32)CC1. The predicted molar refractivity (Wildman–Crippen MR) is 82.5 cm³/mol. The lowest BCUT2D eigenvalue weighted by Gasteiger charge is -2.33. The highest BCUT2D eigenvalue weighted by Gasteiger charge is 2.30. The zero-order valence-corrected chi connectivity index (χ0v) is 13.2. The molecule has 0 saturated carbocycles. The lowest BCUT2D eigenvalue weighted by Crippen LogP contribution is -2.46. The largest absolute Gasteiger partial charge is 0.481 e. The molecule has 1 aliphatic carbocycles. The highest BCUT2D eigenvalue weighted by atomic mass is 19.1. The number of fused-ring (bicyclic) bond motifs is 1. The maximum atomic E-state index is 13.9. The van der Waals surface area contributed by atoms with E-state index in [1.807, 2.05) is 0 Å². The number of nitrogens with zero attached hydrogens (tertiary/aromatic N) is 1. The molecule has 1 heterocycles. The molecule has 2 aliphatic rings. The van der Waals surface area contributed by atoms with Crippen LogP contribution in [-0.2, 0) is 11.2 Å². The fourth-order valence-electron chi connectivity index (χ4n) is 3.56. The van der Waals surface area contributed by atoms with Crippen LogP contribution in [-0.4, -0.2) is 35.1 Å². The molecule has 1 aromatic carbocycles. The van der Waals surface area contributed by atoms with Crippen molar-refractivity contribution in [1.82, 2.24) is 10.2 Å². The van der Waals surface area contributed by atoms with Crippen LogP contribution in [0.4, 0.5) is 13.6 Å². The van der Waals surface area contributed by atoms with E-state index in [0.29, 0.717) is 49.9 Å². The molecule has 2 N–H and O–H groups in total. The van der Waals surface area contributed by atoms with Crippen molar-refractivity contribution < 1.29 is 23.5 Å². The van der Waals surface area contributed by atoms with Gasteiger partial charge in [-0.15, -0.1) is 0 Å². The Balaban J connectivity index is 1.67. The van der Waals surface area contributed by atoms with E-state index < -0.39 is 29.6 Å². The highest BCUT2D eigenvalue weighted by molar-refractivity contribution is 5.76. The summed E-state index contributed by atoms with van der Waals surface area (Å²) in [5, 5.41) is 11.8. The number of rotatable bonds is 2. The molecule has 1 aromatic rings. The number of benzene rings is 1. The first-order valence-electron chi connectivity index (χ1n) is 8.21. The normalized spacial score (nSPS) is 21.2. The van der Waals surface area contributed by atoms with E-state index in [1.165, 1.54) is 6.07 Å². The van der Waals surface area contributed by atoms with E-state index in [1.54, 1.807) is 4.90 Å². The number of likely N-dealkylation sites (tertiary alicyclic amines) is 1. The Morgan fingerprint density at radius 2 is 1.88 bits per heavy atom. The Morgan fingerprint density at radius 1 is 1.17 bits per heavy atom. The van der Waals surface area contributed by atoms with E-state index in [4.69, 9.17) is 5.11 Å². The van der Waals surface area contributed by atoms with Crippen LogP contribution in [0.2, 0.25) is 0 Å². The Morgan fingerprint density at radius 3 is 2.54 bits per heavy atom. The summed E-state index contributed by atoms with van der Waals surface area (Å²) in [6.45, 7) is 0.750. The van der Waals surface area contributed by atoms with Gasteiger partial charge >= 0.3 is 12.0 Å². The molecule has 7 heteroatoms. The molecule has 0 aromatic heterocycles. The Bertz CT molecular complexity index is 657. The summed E-state index contributed by atoms with van der Waals surface area (Å²) in [7, 11) is 0. The molecule has 1 fully saturated rings.